The lowest BCUT2D eigenvalue weighted by atomic mass is 10.2. The second kappa shape index (κ2) is 6.21. The van der Waals surface area contributed by atoms with Gasteiger partial charge in [0.15, 0.2) is 5.11 Å². The summed E-state index contributed by atoms with van der Waals surface area (Å²) in [6, 6.07) is 9.07. The van der Waals surface area contributed by atoms with E-state index in [1.54, 1.807) is 22.9 Å². The molecule has 1 N–H and O–H groups in total. The Kier molecular flexibility index (Phi) is 4.12. The van der Waals surface area contributed by atoms with E-state index in [0.717, 1.165) is 5.75 Å². The zero-order chi connectivity index (χ0) is 16.4. The molecule has 118 valence electrons. The first-order chi connectivity index (χ1) is 11.1. The van der Waals surface area contributed by atoms with Gasteiger partial charge in [0.2, 0.25) is 0 Å². The van der Waals surface area contributed by atoms with Crippen LogP contribution < -0.4 is 15.0 Å². The van der Waals surface area contributed by atoms with Crippen LogP contribution in [-0.4, -0.2) is 27.4 Å². The molecule has 1 saturated heterocycles. The molecule has 7 heteroatoms. The molecule has 1 aliphatic rings. The molecule has 0 saturated carbocycles. The van der Waals surface area contributed by atoms with Crippen molar-refractivity contribution in [3.05, 3.63) is 47.9 Å². The van der Waals surface area contributed by atoms with Crippen LogP contribution in [0, 0.1) is 0 Å². The molecule has 6 nitrogen and oxygen atoms in total. The number of nitrogens with zero attached hydrogens (tertiary/aromatic N) is 3. The fourth-order valence-corrected chi connectivity index (χ4v) is 2.58. The maximum atomic E-state index is 12.6. The van der Waals surface area contributed by atoms with Crippen molar-refractivity contribution < 1.29 is 9.53 Å². The molecule has 0 aliphatic carbocycles. The van der Waals surface area contributed by atoms with Gasteiger partial charge in [-0.2, -0.15) is 5.10 Å². The van der Waals surface area contributed by atoms with E-state index < -0.39 is 0 Å². The van der Waals surface area contributed by atoms with Gasteiger partial charge in [-0.25, -0.2) is 0 Å². The molecule has 2 heterocycles. The number of anilines is 1. The number of hydrogen-bond donors (Lipinski definition) is 1. The smallest absolute Gasteiger partial charge is 0.281 e. The van der Waals surface area contributed by atoms with Crippen LogP contribution >= 0.6 is 12.2 Å². The summed E-state index contributed by atoms with van der Waals surface area (Å²) in [5.74, 6) is 0.552. The number of rotatable bonds is 4. The lowest BCUT2D eigenvalue weighted by Crippen LogP contribution is -2.30. The van der Waals surface area contributed by atoms with Crippen LogP contribution in [0.5, 0.6) is 5.75 Å². The fraction of sp³-hybridized carbons (Fsp3) is 0.188. The Morgan fingerprint density at radius 2 is 2.04 bits per heavy atom. The number of nitrogens with one attached hydrogen (secondary N) is 1. The van der Waals surface area contributed by atoms with Crippen molar-refractivity contribution in [1.82, 2.24) is 15.1 Å². The molecule has 1 aliphatic heterocycles. The highest BCUT2D eigenvalue weighted by atomic mass is 32.1. The second-order valence-electron chi connectivity index (χ2n) is 4.97. The normalized spacial score (nSPS) is 16.1. The van der Waals surface area contributed by atoms with Gasteiger partial charge in [-0.15, -0.1) is 0 Å². The number of ether oxygens (including phenoxy) is 1. The maximum absolute atomic E-state index is 12.6. The molecule has 1 aromatic heterocycles. The number of benzene rings is 1. The summed E-state index contributed by atoms with van der Waals surface area (Å²) in [7, 11) is 1.82. The number of hydrogen-bond acceptors (Lipinski definition) is 4. The monoisotopic (exact) mass is 328 g/mol. The Morgan fingerprint density at radius 1 is 1.30 bits per heavy atom. The van der Waals surface area contributed by atoms with E-state index >= 15 is 0 Å². The highest BCUT2D eigenvalue weighted by Gasteiger charge is 2.32. The molecule has 3 rings (SSSR count). The first-order valence-electron chi connectivity index (χ1n) is 7.18. The Hall–Kier alpha value is -2.67. The van der Waals surface area contributed by atoms with Gasteiger partial charge < -0.3 is 10.1 Å². The number of carbonyl (C=O) groups excluding carboxylic acids is 1. The molecule has 0 radical (unpaired) electrons. The van der Waals surface area contributed by atoms with Crippen molar-refractivity contribution in [3.63, 3.8) is 0 Å². The lowest BCUT2D eigenvalue weighted by Gasteiger charge is -2.14. The maximum Gasteiger partial charge on any atom is 0.281 e. The first kappa shape index (κ1) is 15.2. The lowest BCUT2D eigenvalue weighted by molar-refractivity contribution is -0.113. The number of aromatic nitrogens is 2. The van der Waals surface area contributed by atoms with Gasteiger partial charge >= 0.3 is 0 Å². The molecule has 2 aromatic rings. The van der Waals surface area contributed by atoms with Crippen molar-refractivity contribution in [3.8, 4) is 5.75 Å². The molecular formula is C16H16N4O2S. The third-order valence-electron chi connectivity index (χ3n) is 3.31. The minimum Gasteiger partial charge on any atom is -0.494 e. The zero-order valence-electron chi connectivity index (χ0n) is 12.8. The largest absolute Gasteiger partial charge is 0.494 e. The van der Waals surface area contributed by atoms with Gasteiger partial charge in [-0.1, -0.05) is 0 Å². The van der Waals surface area contributed by atoms with E-state index in [4.69, 9.17) is 17.0 Å². The summed E-state index contributed by atoms with van der Waals surface area (Å²) in [4.78, 5) is 14.0. The highest BCUT2D eigenvalue weighted by molar-refractivity contribution is 7.80. The van der Waals surface area contributed by atoms with E-state index in [0.29, 0.717) is 28.8 Å². The van der Waals surface area contributed by atoms with Crippen molar-refractivity contribution in [2.24, 2.45) is 7.05 Å². The number of amides is 1. The first-order valence-corrected chi connectivity index (χ1v) is 7.59. The third-order valence-corrected chi connectivity index (χ3v) is 3.60. The van der Waals surface area contributed by atoms with Crippen molar-refractivity contribution >= 4 is 35.0 Å². The molecule has 1 amide bonds. The van der Waals surface area contributed by atoms with Crippen LogP contribution in [0.25, 0.3) is 6.08 Å². The Labute approximate surface area is 139 Å². The van der Waals surface area contributed by atoms with Crippen LogP contribution in [0.2, 0.25) is 0 Å². The summed E-state index contributed by atoms with van der Waals surface area (Å²) in [6.07, 6.45) is 3.50. The Morgan fingerprint density at radius 3 is 2.65 bits per heavy atom. The fourth-order valence-electron chi connectivity index (χ4n) is 2.29. The summed E-state index contributed by atoms with van der Waals surface area (Å²) in [5, 5.41) is 7.52. The molecular weight excluding hydrogens is 312 g/mol. The molecule has 0 atom stereocenters. The van der Waals surface area contributed by atoms with E-state index in [2.05, 4.69) is 10.4 Å². The van der Waals surface area contributed by atoms with Crippen LogP contribution in [0.15, 0.2) is 42.2 Å². The van der Waals surface area contributed by atoms with Gasteiger partial charge in [-0.3, -0.25) is 14.4 Å². The van der Waals surface area contributed by atoms with Crippen LogP contribution in [0.4, 0.5) is 5.69 Å². The van der Waals surface area contributed by atoms with E-state index in [1.165, 1.54) is 4.90 Å². The number of carbonyl (C=O) groups is 1. The molecule has 1 aromatic carbocycles. The summed E-state index contributed by atoms with van der Waals surface area (Å²) in [6.45, 7) is 2.52. The molecule has 23 heavy (non-hydrogen) atoms. The van der Waals surface area contributed by atoms with E-state index in [1.807, 2.05) is 38.4 Å². The molecule has 0 spiro atoms. The van der Waals surface area contributed by atoms with Crippen molar-refractivity contribution in [2.75, 3.05) is 11.5 Å². The van der Waals surface area contributed by atoms with Gasteiger partial charge in [0.1, 0.15) is 11.4 Å². The second-order valence-corrected chi connectivity index (χ2v) is 5.36. The predicted molar refractivity (Wildman–Crippen MR) is 92.0 cm³/mol. The Balaban J connectivity index is 1.85. The average molecular weight is 328 g/mol. The predicted octanol–water partition coefficient (Wildman–Crippen LogP) is 2.08. The van der Waals surface area contributed by atoms with Gasteiger partial charge in [0.05, 0.1) is 18.0 Å². The van der Waals surface area contributed by atoms with Crippen LogP contribution in [0.1, 0.15) is 12.6 Å². The zero-order valence-corrected chi connectivity index (χ0v) is 13.6. The van der Waals surface area contributed by atoms with Crippen molar-refractivity contribution in [2.45, 2.75) is 6.92 Å². The SMILES string of the molecule is CCOc1ccc(N2C(=O)/C(=C\c3ccn(C)n3)NC2=S)cc1. The molecule has 0 bridgehead atoms. The summed E-state index contributed by atoms with van der Waals surface area (Å²) < 4.78 is 7.08. The van der Waals surface area contributed by atoms with Gasteiger partial charge in [0, 0.05) is 13.2 Å². The standard InChI is InChI=1S/C16H16N4O2S/c1-3-22-13-6-4-12(5-7-13)20-15(21)14(17-16(20)23)10-11-8-9-19(2)18-11/h4-10H,3H2,1-2H3,(H,17,23)/b14-10+. The Bertz CT molecular complexity index is 780. The van der Waals surface area contributed by atoms with Gasteiger partial charge in [-0.05, 0) is 55.5 Å². The van der Waals surface area contributed by atoms with Crippen LogP contribution in [-0.2, 0) is 11.8 Å². The topological polar surface area (TPSA) is 59.4 Å². The summed E-state index contributed by atoms with van der Waals surface area (Å²) >= 11 is 5.28. The van der Waals surface area contributed by atoms with Gasteiger partial charge in [0.25, 0.3) is 5.91 Å². The minimum absolute atomic E-state index is 0.204. The number of thiocarbonyl (C=S) groups is 1. The highest BCUT2D eigenvalue weighted by Crippen LogP contribution is 2.24. The van der Waals surface area contributed by atoms with E-state index in [9.17, 15) is 4.79 Å². The van der Waals surface area contributed by atoms with Crippen molar-refractivity contribution in [1.29, 1.82) is 0 Å². The van der Waals surface area contributed by atoms with E-state index in [-0.39, 0.29) is 5.91 Å². The quantitative estimate of drug-likeness (QED) is 0.688. The minimum atomic E-state index is -0.204. The molecule has 0 unspecified atom stereocenters. The summed E-state index contributed by atoms with van der Waals surface area (Å²) in [5.41, 5.74) is 1.79. The average Bonchev–Trinajstić information content (AvgIpc) is 3.05. The third kappa shape index (κ3) is 3.09. The number of aryl methyl sites for hydroxylation is 1. The van der Waals surface area contributed by atoms with Crippen LogP contribution in [0.3, 0.4) is 0 Å². The molecule has 1 fully saturated rings.